The summed E-state index contributed by atoms with van der Waals surface area (Å²) in [6, 6.07) is 0. The van der Waals surface area contributed by atoms with E-state index in [1.807, 2.05) is 0 Å². The third-order valence-corrected chi connectivity index (χ3v) is 5.26. The second kappa shape index (κ2) is 5.99. The van der Waals surface area contributed by atoms with Gasteiger partial charge in [0.15, 0.2) is 5.13 Å². The van der Waals surface area contributed by atoms with Crippen LogP contribution in [0.15, 0.2) is 0 Å². The maximum atomic E-state index is 11.8. The highest BCUT2D eigenvalue weighted by molar-refractivity contribution is 7.92. The zero-order valence-corrected chi connectivity index (χ0v) is 12.2. The Morgan fingerprint density at radius 1 is 1.33 bits per heavy atom. The summed E-state index contributed by atoms with van der Waals surface area (Å²) in [5.41, 5.74) is 1.07. The first-order valence-corrected chi connectivity index (χ1v) is 8.77. The molecule has 2 N–H and O–H groups in total. The van der Waals surface area contributed by atoms with Crippen LogP contribution < -0.4 is 10.0 Å². The summed E-state index contributed by atoms with van der Waals surface area (Å²) in [4.78, 5) is 5.56. The van der Waals surface area contributed by atoms with Crippen LogP contribution >= 0.6 is 11.3 Å². The van der Waals surface area contributed by atoms with Gasteiger partial charge in [0.1, 0.15) is 0 Å². The highest BCUT2D eigenvalue weighted by Gasteiger charge is 2.19. The van der Waals surface area contributed by atoms with Gasteiger partial charge in [-0.1, -0.05) is 6.92 Å². The summed E-state index contributed by atoms with van der Waals surface area (Å²) < 4.78 is 26.2. The van der Waals surface area contributed by atoms with Crippen molar-refractivity contribution in [3.63, 3.8) is 0 Å². The number of thiazole rings is 1. The van der Waals surface area contributed by atoms with Gasteiger partial charge in [0.05, 0.1) is 11.4 Å². The summed E-state index contributed by atoms with van der Waals surface area (Å²) in [5, 5.41) is 3.60. The molecule has 1 aliphatic carbocycles. The van der Waals surface area contributed by atoms with Crippen molar-refractivity contribution in [1.29, 1.82) is 0 Å². The SMILES string of the molecule is CCCNCCS(=O)(=O)Nc1nc2c(s1)CCC2. The van der Waals surface area contributed by atoms with Gasteiger partial charge in [-0.15, -0.1) is 11.3 Å². The quantitative estimate of drug-likeness (QED) is 0.744. The Morgan fingerprint density at radius 2 is 2.17 bits per heavy atom. The van der Waals surface area contributed by atoms with Gasteiger partial charge in [0.2, 0.25) is 10.0 Å². The van der Waals surface area contributed by atoms with Crippen molar-refractivity contribution in [2.45, 2.75) is 32.6 Å². The van der Waals surface area contributed by atoms with Crippen LogP contribution in [0.5, 0.6) is 0 Å². The van der Waals surface area contributed by atoms with Crippen molar-refractivity contribution in [3.8, 4) is 0 Å². The number of aryl methyl sites for hydroxylation is 2. The fraction of sp³-hybridized carbons (Fsp3) is 0.727. The first-order valence-electron chi connectivity index (χ1n) is 6.30. The molecule has 102 valence electrons. The van der Waals surface area contributed by atoms with E-state index in [4.69, 9.17) is 0 Å². The monoisotopic (exact) mass is 289 g/mol. The van der Waals surface area contributed by atoms with Crippen LogP contribution in [0.4, 0.5) is 5.13 Å². The number of hydrogen-bond donors (Lipinski definition) is 2. The van der Waals surface area contributed by atoms with Crippen LogP contribution in [0.25, 0.3) is 0 Å². The van der Waals surface area contributed by atoms with Crippen LogP contribution in [0.2, 0.25) is 0 Å². The molecule has 0 amide bonds. The molecule has 7 heteroatoms. The average Bonchev–Trinajstić information content (AvgIpc) is 2.84. The average molecular weight is 289 g/mol. The molecule has 18 heavy (non-hydrogen) atoms. The number of aromatic nitrogens is 1. The van der Waals surface area contributed by atoms with Gasteiger partial charge < -0.3 is 5.32 Å². The number of fused-ring (bicyclic) bond motifs is 1. The zero-order chi connectivity index (χ0) is 13.0. The lowest BCUT2D eigenvalue weighted by molar-refractivity contribution is 0.595. The predicted octanol–water partition coefficient (Wildman–Crippen LogP) is 1.37. The normalized spacial score (nSPS) is 14.7. The molecule has 0 atom stereocenters. The lowest BCUT2D eigenvalue weighted by Gasteiger charge is -2.05. The minimum Gasteiger partial charge on any atom is -0.316 e. The van der Waals surface area contributed by atoms with Gasteiger partial charge in [-0.25, -0.2) is 13.4 Å². The summed E-state index contributed by atoms with van der Waals surface area (Å²) in [7, 11) is -3.27. The topological polar surface area (TPSA) is 71.1 Å². The molecule has 1 aromatic heterocycles. The van der Waals surface area contributed by atoms with Crippen LogP contribution in [0.3, 0.4) is 0 Å². The van der Waals surface area contributed by atoms with Crippen molar-refractivity contribution >= 4 is 26.5 Å². The number of hydrogen-bond acceptors (Lipinski definition) is 5. The Kier molecular flexibility index (Phi) is 4.58. The summed E-state index contributed by atoms with van der Waals surface area (Å²) >= 11 is 1.47. The molecule has 1 aliphatic rings. The molecular weight excluding hydrogens is 270 g/mol. The van der Waals surface area contributed by atoms with E-state index in [0.717, 1.165) is 37.9 Å². The Morgan fingerprint density at radius 3 is 2.89 bits per heavy atom. The molecule has 0 fully saturated rings. The van der Waals surface area contributed by atoms with Gasteiger partial charge in [-0.2, -0.15) is 0 Å². The Balaban J connectivity index is 1.87. The van der Waals surface area contributed by atoms with Gasteiger partial charge in [0, 0.05) is 11.4 Å². The third-order valence-electron chi connectivity index (χ3n) is 2.81. The minimum absolute atomic E-state index is 0.0945. The lowest BCUT2D eigenvalue weighted by Crippen LogP contribution is -2.27. The van der Waals surface area contributed by atoms with E-state index in [0.29, 0.717) is 11.7 Å². The first-order chi connectivity index (χ1) is 8.61. The van der Waals surface area contributed by atoms with Crippen molar-refractivity contribution in [2.24, 2.45) is 0 Å². The second-order valence-corrected chi connectivity index (χ2v) is 7.34. The standard InChI is InChI=1S/C11H19N3O2S2/c1-2-6-12-7-8-18(15,16)14-11-13-9-4-3-5-10(9)17-11/h12H,2-8H2,1H3,(H,13,14). The van der Waals surface area contributed by atoms with Crippen molar-refractivity contribution in [2.75, 3.05) is 23.6 Å². The van der Waals surface area contributed by atoms with E-state index in [9.17, 15) is 8.42 Å². The third kappa shape index (κ3) is 3.66. The molecule has 2 rings (SSSR count). The van der Waals surface area contributed by atoms with E-state index in [2.05, 4.69) is 21.9 Å². The smallest absolute Gasteiger partial charge is 0.235 e. The summed E-state index contributed by atoms with van der Waals surface area (Å²) in [5.74, 6) is 0.0945. The van der Waals surface area contributed by atoms with E-state index in [1.165, 1.54) is 16.2 Å². The van der Waals surface area contributed by atoms with Crippen LogP contribution in [-0.4, -0.2) is 32.2 Å². The number of sulfonamides is 1. The van der Waals surface area contributed by atoms with E-state index in [-0.39, 0.29) is 5.75 Å². The van der Waals surface area contributed by atoms with Gasteiger partial charge in [0.25, 0.3) is 0 Å². The minimum atomic E-state index is -3.27. The molecule has 1 heterocycles. The van der Waals surface area contributed by atoms with Gasteiger partial charge in [-0.05, 0) is 32.2 Å². The molecule has 5 nitrogen and oxygen atoms in total. The highest BCUT2D eigenvalue weighted by atomic mass is 32.2. The Hall–Kier alpha value is -0.660. The number of nitrogens with zero attached hydrogens (tertiary/aromatic N) is 1. The molecule has 0 bridgehead atoms. The maximum absolute atomic E-state index is 11.8. The predicted molar refractivity (Wildman–Crippen MR) is 74.7 cm³/mol. The van der Waals surface area contributed by atoms with Crippen molar-refractivity contribution in [3.05, 3.63) is 10.6 Å². The van der Waals surface area contributed by atoms with Gasteiger partial charge >= 0.3 is 0 Å². The highest BCUT2D eigenvalue weighted by Crippen LogP contribution is 2.30. The molecule has 0 aliphatic heterocycles. The van der Waals surface area contributed by atoms with Crippen LogP contribution in [-0.2, 0) is 22.9 Å². The number of nitrogens with one attached hydrogen (secondary N) is 2. The van der Waals surface area contributed by atoms with Crippen LogP contribution in [0, 0.1) is 0 Å². The second-order valence-electron chi connectivity index (χ2n) is 4.41. The summed E-state index contributed by atoms with van der Waals surface area (Å²) in [6.45, 7) is 3.38. The Labute approximate surface area is 112 Å². The molecule has 1 aromatic rings. The molecule has 0 spiro atoms. The maximum Gasteiger partial charge on any atom is 0.235 e. The van der Waals surface area contributed by atoms with Gasteiger partial charge in [-0.3, -0.25) is 4.72 Å². The fourth-order valence-corrected chi connectivity index (χ4v) is 4.20. The van der Waals surface area contributed by atoms with E-state index < -0.39 is 10.0 Å². The van der Waals surface area contributed by atoms with Crippen LogP contribution in [0.1, 0.15) is 30.3 Å². The summed E-state index contributed by atoms with van der Waals surface area (Å²) in [6.07, 6.45) is 4.16. The lowest BCUT2D eigenvalue weighted by atomic mass is 10.4. The molecule has 0 saturated carbocycles. The first kappa shape index (κ1) is 13.8. The molecule has 0 aromatic carbocycles. The van der Waals surface area contributed by atoms with E-state index in [1.54, 1.807) is 0 Å². The Bertz CT molecular complexity index is 475. The fourth-order valence-electron chi connectivity index (χ4n) is 1.93. The largest absolute Gasteiger partial charge is 0.316 e. The number of rotatable bonds is 7. The van der Waals surface area contributed by atoms with Crippen molar-refractivity contribution < 1.29 is 8.42 Å². The van der Waals surface area contributed by atoms with Crippen molar-refractivity contribution in [1.82, 2.24) is 10.3 Å². The zero-order valence-electron chi connectivity index (χ0n) is 10.5. The molecule has 0 unspecified atom stereocenters. The van der Waals surface area contributed by atoms with E-state index >= 15 is 0 Å². The molecule has 0 saturated heterocycles. The molecule has 0 radical (unpaired) electrons. The number of anilines is 1. The molecular formula is C11H19N3O2S2.